The van der Waals surface area contributed by atoms with Crippen molar-refractivity contribution < 1.29 is 18.0 Å². The number of nitrogens with zero attached hydrogens (tertiary/aromatic N) is 2. The first-order valence-corrected chi connectivity index (χ1v) is 13.2. The molecule has 0 bridgehead atoms. The summed E-state index contributed by atoms with van der Waals surface area (Å²) >= 11 is 0. The van der Waals surface area contributed by atoms with Gasteiger partial charge in [0.15, 0.2) is 0 Å². The van der Waals surface area contributed by atoms with Crippen LogP contribution >= 0.6 is 0 Å². The lowest BCUT2D eigenvalue weighted by Gasteiger charge is -2.35. The Bertz CT molecular complexity index is 875. The maximum Gasteiger partial charge on any atom is 0.245 e. The van der Waals surface area contributed by atoms with Crippen LogP contribution in [-0.2, 0) is 19.6 Å². The van der Waals surface area contributed by atoms with Crippen molar-refractivity contribution in [3.05, 3.63) is 35.9 Å². The highest BCUT2D eigenvalue weighted by Crippen LogP contribution is 2.27. The summed E-state index contributed by atoms with van der Waals surface area (Å²) in [6, 6.07) is 7.51. The molecule has 8 nitrogen and oxygen atoms in total. The molecule has 0 unspecified atom stereocenters. The number of benzene rings is 1. The molecule has 0 aliphatic carbocycles. The van der Waals surface area contributed by atoms with Crippen LogP contribution in [0.2, 0.25) is 0 Å². The topological polar surface area (TPSA) is 113 Å². The van der Waals surface area contributed by atoms with Gasteiger partial charge in [0.05, 0.1) is 12.3 Å². The van der Waals surface area contributed by atoms with Gasteiger partial charge >= 0.3 is 0 Å². The van der Waals surface area contributed by atoms with E-state index in [1.165, 1.54) is 10.6 Å². The van der Waals surface area contributed by atoms with Gasteiger partial charge < -0.3 is 16.0 Å². The highest BCUT2D eigenvalue weighted by atomic mass is 32.2. The molecule has 1 heterocycles. The second-order valence-electron chi connectivity index (χ2n) is 8.99. The number of amides is 2. The number of nitrogens with two attached hydrogens (primary N) is 1. The van der Waals surface area contributed by atoms with Gasteiger partial charge in [0.25, 0.3) is 0 Å². The third kappa shape index (κ3) is 6.52. The molecule has 1 aromatic rings. The predicted molar refractivity (Wildman–Crippen MR) is 126 cm³/mol. The lowest BCUT2D eigenvalue weighted by molar-refractivity contribution is -0.138. The molecule has 1 aliphatic heterocycles. The van der Waals surface area contributed by atoms with Crippen molar-refractivity contribution in [3.8, 4) is 0 Å². The molecule has 180 valence electrons. The number of nitrogens with one attached hydrogen (secondary N) is 1. The Morgan fingerprint density at radius 2 is 1.84 bits per heavy atom. The Kier molecular flexibility index (Phi) is 9.24. The van der Waals surface area contributed by atoms with Crippen molar-refractivity contribution in [2.24, 2.45) is 11.7 Å². The fourth-order valence-corrected chi connectivity index (χ4v) is 5.28. The highest BCUT2D eigenvalue weighted by molar-refractivity contribution is 7.88. The molecule has 3 N–H and O–H groups in total. The van der Waals surface area contributed by atoms with Crippen LogP contribution < -0.4 is 11.1 Å². The minimum Gasteiger partial charge on any atom is -0.343 e. The summed E-state index contributed by atoms with van der Waals surface area (Å²) in [4.78, 5) is 27.5. The zero-order valence-electron chi connectivity index (χ0n) is 19.8. The van der Waals surface area contributed by atoms with Crippen LogP contribution in [0.15, 0.2) is 30.3 Å². The normalized spacial score (nSPS) is 19.8. The van der Waals surface area contributed by atoms with Crippen molar-refractivity contribution in [3.63, 3.8) is 0 Å². The van der Waals surface area contributed by atoms with Gasteiger partial charge in [0.2, 0.25) is 21.8 Å². The maximum absolute atomic E-state index is 13.4. The Hall–Kier alpha value is -1.97. The van der Waals surface area contributed by atoms with Crippen molar-refractivity contribution in [2.75, 3.05) is 19.3 Å². The Balaban J connectivity index is 2.22. The van der Waals surface area contributed by atoms with E-state index in [-0.39, 0.29) is 36.4 Å². The van der Waals surface area contributed by atoms with E-state index >= 15 is 0 Å². The number of sulfonamides is 1. The van der Waals surface area contributed by atoms with E-state index in [1.807, 2.05) is 58.0 Å². The molecule has 0 saturated carbocycles. The third-order valence-electron chi connectivity index (χ3n) is 6.20. The van der Waals surface area contributed by atoms with Gasteiger partial charge in [0, 0.05) is 25.2 Å². The second-order valence-corrected chi connectivity index (χ2v) is 10.9. The SMILES string of the molecule is CC[C@H](N)C(=O)N[C@H](C(=O)N1CCC[C@H]1CN([C@H](C)c1ccccc1)S(C)(=O)=O)C(C)C. The van der Waals surface area contributed by atoms with Crippen molar-refractivity contribution in [2.45, 2.75) is 71.1 Å². The molecular formula is C23H38N4O4S. The lowest BCUT2D eigenvalue weighted by Crippen LogP contribution is -2.56. The molecule has 0 spiro atoms. The van der Waals surface area contributed by atoms with E-state index in [9.17, 15) is 18.0 Å². The summed E-state index contributed by atoms with van der Waals surface area (Å²) < 4.78 is 26.8. The summed E-state index contributed by atoms with van der Waals surface area (Å²) in [6.45, 7) is 8.20. The Morgan fingerprint density at radius 3 is 2.38 bits per heavy atom. The van der Waals surface area contributed by atoms with E-state index in [0.717, 1.165) is 12.0 Å². The largest absolute Gasteiger partial charge is 0.343 e. The molecule has 9 heteroatoms. The van der Waals surface area contributed by atoms with Gasteiger partial charge in [-0.05, 0) is 37.7 Å². The molecule has 2 amide bonds. The van der Waals surface area contributed by atoms with Crippen LogP contribution in [0.4, 0.5) is 0 Å². The molecule has 2 rings (SSSR count). The monoisotopic (exact) mass is 466 g/mol. The molecule has 1 saturated heterocycles. The quantitative estimate of drug-likeness (QED) is 0.547. The lowest BCUT2D eigenvalue weighted by atomic mass is 10.0. The number of carbonyl (C=O) groups is 2. The fourth-order valence-electron chi connectivity index (χ4n) is 4.14. The van der Waals surface area contributed by atoms with Gasteiger partial charge in [-0.15, -0.1) is 0 Å². The molecule has 32 heavy (non-hydrogen) atoms. The summed E-state index contributed by atoms with van der Waals surface area (Å²) in [5.74, 6) is -0.642. The van der Waals surface area contributed by atoms with Crippen LogP contribution in [0, 0.1) is 5.92 Å². The van der Waals surface area contributed by atoms with E-state index in [4.69, 9.17) is 5.73 Å². The Labute approximate surface area is 192 Å². The van der Waals surface area contributed by atoms with Gasteiger partial charge in [-0.2, -0.15) is 4.31 Å². The van der Waals surface area contributed by atoms with Crippen LogP contribution in [0.5, 0.6) is 0 Å². The Morgan fingerprint density at radius 1 is 1.22 bits per heavy atom. The summed E-state index contributed by atoms with van der Waals surface area (Å²) in [5, 5.41) is 2.81. The first-order valence-electron chi connectivity index (χ1n) is 11.4. The maximum atomic E-state index is 13.4. The summed E-state index contributed by atoms with van der Waals surface area (Å²) in [7, 11) is -3.51. The summed E-state index contributed by atoms with van der Waals surface area (Å²) in [5.41, 5.74) is 6.74. The van der Waals surface area contributed by atoms with Gasteiger partial charge in [-0.3, -0.25) is 9.59 Å². The van der Waals surface area contributed by atoms with Crippen LogP contribution in [0.1, 0.15) is 58.6 Å². The van der Waals surface area contributed by atoms with E-state index in [2.05, 4.69) is 5.32 Å². The number of likely N-dealkylation sites (tertiary alicyclic amines) is 1. The van der Waals surface area contributed by atoms with Crippen LogP contribution in [0.3, 0.4) is 0 Å². The number of rotatable bonds is 10. The molecular weight excluding hydrogens is 428 g/mol. The van der Waals surface area contributed by atoms with Crippen LogP contribution in [0.25, 0.3) is 0 Å². The first-order chi connectivity index (χ1) is 15.0. The van der Waals surface area contributed by atoms with Crippen LogP contribution in [-0.4, -0.2) is 66.9 Å². The van der Waals surface area contributed by atoms with Crippen molar-refractivity contribution >= 4 is 21.8 Å². The average molecular weight is 467 g/mol. The van der Waals surface area contributed by atoms with Gasteiger partial charge in [0.1, 0.15) is 6.04 Å². The summed E-state index contributed by atoms with van der Waals surface area (Å²) in [6.07, 6.45) is 3.20. The molecule has 4 atom stereocenters. The standard InChI is InChI=1S/C23H38N4O4S/c1-6-20(24)22(28)25-21(16(2)3)23(29)26-14-10-13-19(26)15-27(32(5,30)31)17(4)18-11-8-7-9-12-18/h7-9,11-12,16-17,19-21H,6,10,13-15,24H2,1-5H3,(H,25,28)/t17-,19+,20+,21+/m1/s1. The van der Waals surface area contributed by atoms with E-state index in [0.29, 0.717) is 19.4 Å². The molecule has 1 fully saturated rings. The van der Waals surface area contributed by atoms with E-state index in [1.54, 1.807) is 4.90 Å². The zero-order valence-corrected chi connectivity index (χ0v) is 20.6. The third-order valence-corrected chi connectivity index (χ3v) is 7.52. The van der Waals surface area contributed by atoms with Gasteiger partial charge in [-0.25, -0.2) is 8.42 Å². The average Bonchev–Trinajstić information content (AvgIpc) is 3.22. The second kappa shape index (κ2) is 11.2. The fraction of sp³-hybridized carbons (Fsp3) is 0.652. The minimum absolute atomic E-state index is 0.119. The molecule has 0 radical (unpaired) electrons. The zero-order chi connectivity index (χ0) is 24.1. The number of hydrogen-bond acceptors (Lipinski definition) is 5. The predicted octanol–water partition coefficient (Wildman–Crippen LogP) is 1.88. The van der Waals surface area contributed by atoms with E-state index < -0.39 is 22.1 Å². The van der Waals surface area contributed by atoms with Gasteiger partial charge in [-0.1, -0.05) is 51.1 Å². The van der Waals surface area contributed by atoms with Crippen molar-refractivity contribution in [1.29, 1.82) is 0 Å². The first kappa shape index (κ1) is 26.3. The minimum atomic E-state index is -3.51. The smallest absolute Gasteiger partial charge is 0.245 e. The van der Waals surface area contributed by atoms with Crippen molar-refractivity contribution in [1.82, 2.24) is 14.5 Å². The highest BCUT2D eigenvalue weighted by Gasteiger charge is 2.38. The molecule has 0 aromatic heterocycles. The number of hydrogen-bond donors (Lipinski definition) is 2. The molecule has 1 aromatic carbocycles. The number of carbonyl (C=O) groups excluding carboxylic acids is 2. The molecule has 1 aliphatic rings.